The first-order valence-electron chi connectivity index (χ1n) is 11.0. The van der Waals surface area contributed by atoms with E-state index in [0.29, 0.717) is 6.04 Å². The van der Waals surface area contributed by atoms with E-state index < -0.39 is 0 Å². The van der Waals surface area contributed by atoms with Gasteiger partial charge in [0.05, 0.1) is 0 Å². The highest BCUT2D eigenvalue weighted by Crippen LogP contribution is 2.20. The fourth-order valence-electron chi connectivity index (χ4n) is 4.27. The van der Waals surface area contributed by atoms with Crippen molar-refractivity contribution in [3.8, 4) is 0 Å². The largest absolute Gasteiger partial charge is 0.356 e. The average Bonchev–Trinajstić information content (AvgIpc) is 2.74. The number of aliphatic imine (C=N–C) groups is 1. The zero-order chi connectivity index (χ0) is 19.8. The number of rotatable bonds is 6. The van der Waals surface area contributed by atoms with Crippen LogP contribution >= 0.6 is 24.0 Å². The number of hydrogen-bond acceptors (Lipinski definition) is 4. The van der Waals surface area contributed by atoms with Crippen molar-refractivity contribution in [1.29, 1.82) is 0 Å². The summed E-state index contributed by atoms with van der Waals surface area (Å²) in [7, 11) is 1.88. The van der Waals surface area contributed by atoms with Crippen LogP contribution in [0.3, 0.4) is 0 Å². The van der Waals surface area contributed by atoms with Gasteiger partial charge in [-0.05, 0) is 76.2 Å². The van der Waals surface area contributed by atoms with Gasteiger partial charge >= 0.3 is 0 Å². The first-order valence-corrected chi connectivity index (χ1v) is 11.0. The molecule has 29 heavy (non-hydrogen) atoms. The van der Waals surface area contributed by atoms with E-state index in [4.69, 9.17) is 0 Å². The molecule has 3 heterocycles. The molecule has 2 saturated heterocycles. The number of likely N-dealkylation sites (tertiary alicyclic amines) is 1. The Bertz CT molecular complexity index is 604. The molecule has 0 aliphatic carbocycles. The predicted molar refractivity (Wildman–Crippen MR) is 134 cm³/mol. The highest BCUT2D eigenvalue weighted by Gasteiger charge is 2.21. The van der Waals surface area contributed by atoms with Gasteiger partial charge < -0.3 is 20.4 Å². The number of nitrogens with one attached hydrogen (secondary N) is 2. The van der Waals surface area contributed by atoms with Gasteiger partial charge in [-0.1, -0.05) is 13.0 Å². The summed E-state index contributed by atoms with van der Waals surface area (Å²) in [5.41, 5.74) is 1.21. The number of anilines is 1. The summed E-state index contributed by atoms with van der Waals surface area (Å²) in [5, 5.41) is 7.16. The number of hydrogen-bond donors (Lipinski definition) is 2. The predicted octanol–water partition coefficient (Wildman–Crippen LogP) is 3.26. The van der Waals surface area contributed by atoms with Crippen LogP contribution in [0.25, 0.3) is 0 Å². The van der Waals surface area contributed by atoms with Gasteiger partial charge in [0.25, 0.3) is 0 Å². The van der Waals surface area contributed by atoms with E-state index in [-0.39, 0.29) is 24.0 Å². The molecule has 2 aliphatic rings. The summed E-state index contributed by atoms with van der Waals surface area (Å²) in [4.78, 5) is 13.9. The lowest BCUT2D eigenvalue weighted by Crippen LogP contribution is -2.49. The van der Waals surface area contributed by atoms with Crippen molar-refractivity contribution in [3.63, 3.8) is 0 Å². The maximum absolute atomic E-state index is 4.57. The highest BCUT2D eigenvalue weighted by molar-refractivity contribution is 14.0. The highest BCUT2D eigenvalue weighted by atomic mass is 127. The molecule has 0 saturated carbocycles. The van der Waals surface area contributed by atoms with E-state index in [0.717, 1.165) is 50.2 Å². The van der Waals surface area contributed by atoms with Crippen LogP contribution in [0, 0.1) is 12.8 Å². The Morgan fingerprint density at radius 2 is 1.86 bits per heavy atom. The van der Waals surface area contributed by atoms with E-state index in [9.17, 15) is 0 Å². The lowest BCUT2D eigenvalue weighted by Gasteiger charge is -2.34. The standard InChI is InChI=1S/C22H38N6.HI/c1-4-27-13-8-19(9-14-27)7-12-24-22(23-3)26-20-10-15-28(16-11-20)21-6-5-18(2)17-25-21;/h5-6,17,19-20H,4,7-16H2,1-3H3,(H2,23,24,26);1H. The van der Waals surface area contributed by atoms with Crippen LogP contribution in [-0.2, 0) is 0 Å². The Labute approximate surface area is 194 Å². The molecule has 2 fully saturated rings. The van der Waals surface area contributed by atoms with Crippen LogP contribution in [0.15, 0.2) is 23.3 Å². The van der Waals surface area contributed by atoms with E-state index in [1.54, 1.807) is 0 Å². The van der Waals surface area contributed by atoms with Crippen LogP contribution in [0.1, 0.15) is 44.6 Å². The lowest BCUT2D eigenvalue weighted by atomic mass is 9.93. The van der Waals surface area contributed by atoms with E-state index >= 15 is 0 Å². The van der Waals surface area contributed by atoms with Crippen LogP contribution < -0.4 is 15.5 Å². The molecule has 2 N–H and O–H groups in total. The molecule has 3 rings (SSSR count). The molecule has 0 bridgehead atoms. The van der Waals surface area contributed by atoms with E-state index in [1.165, 1.54) is 44.5 Å². The molecule has 0 atom stereocenters. The fourth-order valence-corrected chi connectivity index (χ4v) is 4.27. The number of piperidine rings is 2. The molecule has 0 unspecified atom stereocenters. The topological polar surface area (TPSA) is 55.8 Å². The third kappa shape index (κ3) is 7.59. The number of guanidine groups is 1. The second-order valence-corrected chi connectivity index (χ2v) is 8.26. The van der Waals surface area contributed by atoms with Gasteiger partial charge in [0.1, 0.15) is 5.82 Å². The van der Waals surface area contributed by atoms with Gasteiger partial charge in [-0.25, -0.2) is 4.98 Å². The smallest absolute Gasteiger partial charge is 0.191 e. The second-order valence-electron chi connectivity index (χ2n) is 8.26. The van der Waals surface area contributed by atoms with Crippen molar-refractivity contribution < 1.29 is 0 Å². The SMILES string of the molecule is CCN1CCC(CCNC(=NC)NC2CCN(c3ccc(C)cn3)CC2)CC1.I. The maximum atomic E-state index is 4.57. The third-order valence-electron chi connectivity index (χ3n) is 6.28. The Balaban J connectivity index is 0.00000300. The van der Waals surface area contributed by atoms with Crippen LogP contribution in [-0.4, -0.2) is 68.2 Å². The van der Waals surface area contributed by atoms with Crippen molar-refractivity contribution in [2.75, 3.05) is 51.2 Å². The van der Waals surface area contributed by atoms with E-state index in [2.05, 4.69) is 56.4 Å². The molecule has 1 aromatic heterocycles. The molecule has 164 valence electrons. The molecule has 0 aromatic carbocycles. The van der Waals surface area contributed by atoms with Gasteiger partial charge in [0.2, 0.25) is 0 Å². The Hall–Kier alpha value is -1.09. The van der Waals surface area contributed by atoms with Crippen molar-refractivity contribution in [3.05, 3.63) is 23.9 Å². The first-order chi connectivity index (χ1) is 13.7. The zero-order valence-electron chi connectivity index (χ0n) is 18.4. The first kappa shape index (κ1) is 24.2. The lowest BCUT2D eigenvalue weighted by molar-refractivity contribution is 0.187. The Kier molecular flexibility index (Phi) is 10.5. The summed E-state index contributed by atoms with van der Waals surface area (Å²) < 4.78 is 0. The van der Waals surface area contributed by atoms with Crippen molar-refractivity contribution in [1.82, 2.24) is 20.5 Å². The number of nitrogens with zero attached hydrogens (tertiary/aromatic N) is 4. The summed E-state index contributed by atoms with van der Waals surface area (Å²) in [6.07, 6.45) is 8.12. The number of halogens is 1. The van der Waals surface area contributed by atoms with E-state index in [1.807, 2.05) is 13.2 Å². The Morgan fingerprint density at radius 3 is 2.45 bits per heavy atom. The summed E-state index contributed by atoms with van der Waals surface area (Å²) in [6, 6.07) is 4.76. The minimum Gasteiger partial charge on any atom is -0.356 e. The quantitative estimate of drug-likeness (QED) is 0.347. The van der Waals surface area contributed by atoms with Crippen molar-refractivity contribution in [2.24, 2.45) is 10.9 Å². The number of aromatic nitrogens is 1. The molecule has 0 amide bonds. The Morgan fingerprint density at radius 1 is 1.14 bits per heavy atom. The summed E-state index contributed by atoms with van der Waals surface area (Å²) >= 11 is 0. The fraction of sp³-hybridized carbons (Fsp3) is 0.727. The molecular formula is C22H39IN6. The van der Waals surface area contributed by atoms with Gasteiger partial charge in [0.15, 0.2) is 5.96 Å². The minimum absolute atomic E-state index is 0. The molecule has 0 spiro atoms. The molecule has 0 radical (unpaired) electrons. The van der Waals surface area contributed by atoms with Gasteiger partial charge in [-0.3, -0.25) is 4.99 Å². The molecule has 6 nitrogen and oxygen atoms in total. The van der Waals surface area contributed by atoms with Gasteiger partial charge in [-0.2, -0.15) is 0 Å². The third-order valence-corrected chi connectivity index (χ3v) is 6.28. The van der Waals surface area contributed by atoms with Crippen LogP contribution in [0.2, 0.25) is 0 Å². The van der Waals surface area contributed by atoms with Gasteiger partial charge in [0, 0.05) is 38.9 Å². The zero-order valence-corrected chi connectivity index (χ0v) is 20.7. The van der Waals surface area contributed by atoms with Crippen LogP contribution in [0.4, 0.5) is 5.82 Å². The summed E-state index contributed by atoms with van der Waals surface area (Å²) in [5.74, 6) is 2.91. The summed E-state index contributed by atoms with van der Waals surface area (Å²) in [6.45, 7) is 11.2. The van der Waals surface area contributed by atoms with Crippen molar-refractivity contribution in [2.45, 2.75) is 52.0 Å². The minimum atomic E-state index is 0. The van der Waals surface area contributed by atoms with Gasteiger partial charge in [-0.15, -0.1) is 24.0 Å². The molecule has 7 heteroatoms. The number of aryl methyl sites for hydroxylation is 1. The second kappa shape index (κ2) is 12.6. The van der Waals surface area contributed by atoms with Crippen LogP contribution in [0.5, 0.6) is 0 Å². The van der Waals surface area contributed by atoms with Crippen molar-refractivity contribution >= 4 is 35.8 Å². The maximum Gasteiger partial charge on any atom is 0.191 e. The molecule has 2 aliphatic heterocycles. The molecular weight excluding hydrogens is 475 g/mol. The number of pyridine rings is 1. The molecule has 1 aromatic rings. The average molecular weight is 515 g/mol. The monoisotopic (exact) mass is 514 g/mol. The normalized spacial score (nSPS) is 19.7.